The summed E-state index contributed by atoms with van der Waals surface area (Å²) in [5, 5.41) is 8.23. The standard InChI is InChI=1S/C28H38N8O7S/c1-4-15(2)23-27(40)33-20(6-5-11-32-28(30)31)26(39)34-21-12-16(24(29)37)7-8-17(21)14-43-22-10-9-18(36-44(3,41)42)13-19(22)25(38)35-23/h7-10,12-13,15,20,23,36H,4-6,11,14H2,1-3H3,(H2,29,37)(H,33,40)(H,34,39)(H,35,38)(H4,30,31,32). The third-order valence-electron chi connectivity index (χ3n) is 6.92. The molecule has 1 aliphatic rings. The van der Waals surface area contributed by atoms with Gasteiger partial charge in [0.25, 0.3) is 5.91 Å². The molecule has 4 amide bonds. The Kier molecular flexibility index (Phi) is 11.1. The first-order valence-electron chi connectivity index (χ1n) is 13.8. The van der Waals surface area contributed by atoms with Gasteiger partial charge in [-0.1, -0.05) is 26.3 Å². The molecule has 0 bridgehead atoms. The third kappa shape index (κ3) is 9.32. The molecular formula is C28H38N8O7S. The zero-order valence-corrected chi connectivity index (χ0v) is 25.5. The lowest BCUT2D eigenvalue weighted by Gasteiger charge is -2.27. The number of carbonyl (C=O) groups is 4. The number of nitrogens with one attached hydrogen (secondary N) is 4. The molecule has 0 aliphatic carbocycles. The minimum atomic E-state index is -3.67. The molecule has 238 valence electrons. The minimum absolute atomic E-state index is 0.0371. The first kappa shape index (κ1) is 33.6. The zero-order valence-electron chi connectivity index (χ0n) is 24.7. The summed E-state index contributed by atoms with van der Waals surface area (Å²) in [4.78, 5) is 56.7. The average Bonchev–Trinajstić information content (AvgIpc) is 2.94. The second-order valence-electron chi connectivity index (χ2n) is 10.4. The molecule has 16 heteroatoms. The Morgan fingerprint density at radius 1 is 1.09 bits per heavy atom. The number of benzene rings is 2. The van der Waals surface area contributed by atoms with E-state index in [9.17, 15) is 27.6 Å². The van der Waals surface area contributed by atoms with Crippen molar-refractivity contribution in [2.45, 2.75) is 51.8 Å². The Morgan fingerprint density at radius 3 is 2.45 bits per heavy atom. The molecule has 1 heterocycles. The van der Waals surface area contributed by atoms with Crippen LogP contribution in [0.5, 0.6) is 5.75 Å². The maximum Gasteiger partial charge on any atom is 0.255 e. The van der Waals surface area contributed by atoms with Crippen molar-refractivity contribution in [2.75, 3.05) is 22.8 Å². The summed E-state index contributed by atoms with van der Waals surface area (Å²) in [5.74, 6) is -3.04. The number of anilines is 2. The van der Waals surface area contributed by atoms with E-state index in [-0.39, 0.29) is 59.7 Å². The lowest BCUT2D eigenvalue weighted by Crippen LogP contribution is -2.55. The van der Waals surface area contributed by atoms with Crippen molar-refractivity contribution in [3.63, 3.8) is 0 Å². The molecule has 0 saturated heterocycles. The SMILES string of the molecule is CCC(C)C1NC(=O)c2cc(NS(C)(=O)=O)ccc2OCc2ccc(C(N)=O)cc2NC(=O)C(CCCN=C(N)N)NC1=O. The quantitative estimate of drug-likeness (QED) is 0.115. The highest BCUT2D eigenvalue weighted by atomic mass is 32.2. The molecule has 0 aromatic heterocycles. The van der Waals surface area contributed by atoms with Crippen molar-refractivity contribution < 1.29 is 32.3 Å². The molecular weight excluding hydrogens is 592 g/mol. The number of rotatable bonds is 9. The highest BCUT2D eigenvalue weighted by Gasteiger charge is 2.31. The lowest BCUT2D eigenvalue weighted by molar-refractivity contribution is -0.128. The number of hydrogen-bond donors (Lipinski definition) is 7. The van der Waals surface area contributed by atoms with Crippen LogP contribution in [0.1, 0.15) is 59.4 Å². The molecule has 0 fully saturated rings. The smallest absolute Gasteiger partial charge is 0.255 e. The Bertz CT molecular complexity index is 1560. The van der Waals surface area contributed by atoms with Crippen LogP contribution in [-0.4, -0.2) is 62.9 Å². The van der Waals surface area contributed by atoms with Crippen molar-refractivity contribution in [2.24, 2.45) is 28.1 Å². The van der Waals surface area contributed by atoms with Crippen molar-refractivity contribution in [3.8, 4) is 5.75 Å². The molecule has 3 rings (SSSR count). The van der Waals surface area contributed by atoms with Crippen LogP contribution in [0.4, 0.5) is 11.4 Å². The van der Waals surface area contributed by atoms with Crippen molar-refractivity contribution in [1.82, 2.24) is 10.6 Å². The second-order valence-corrected chi connectivity index (χ2v) is 12.2. The minimum Gasteiger partial charge on any atom is -0.488 e. The second kappa shape index (κ2) is 14.5. The summed E-state index contributed by atoms with van der Waals surface area (Å²) in [6.07, 6.45) is 1.94. The number of hydrogen-bond acceptors (Lipinski definition) is 8. The molecule has 1 aliphatic heterocycles. The first-order chi connectivity index (χ1) is 20.7. The van der Waals surface area contributed by atoms with Gasteiger partial charge in [0.1, 0.15) is 24.4 Å². The summed E-state index contributed by atoms with van der Waals surface area (Å²) in [6, 6.07) is 6.36. The van der Waals surface area contributed by atoms with Gasteiger partial charge in [-0.2, -0.15) is 0 Å². The molecule has 3 atom stereocenters. The number of amides is 4. The molecule has 2 aromatic rings. The number of guanidine groups is 1. The summed E-state index contributed by atoms with van der Waals surface area (Å²) in [7, 11) is -3.67. The van der Waals surface area contributed by atoms with Gasteiger partial charge in [0.2, 0.25) is 27.7 Å². The number of primary amides is 1. The van der Waals surface area contributed by atoms with E-state index in [1.165, 1.54) is 36.4 Å². The van der Waals surface area contributed by atoms with Gasteiger partial charge in [-0.25, -0.2) is 8.42 Å². The number of sulfonamides is 1. The molecule has 2 aromatic carbocycles. The zero-order chi connectivity index (χ0) is 32.6. The monoisotopic (exact) mass is 630 g/mol. The van der Waals surface area contributed by atoms with Gasteiger partial charge in [0.05, 0.1) is 11.8 Å². The number of nitrogens with two attached hydrogens (primary N) is 3. The Balaban J connectivity index is 2.12. The van der Waals surface area contributed by atoms with E-state index in [4.69, 9.17) is 21.9 Å². The van der Waals surface area contributed by atoms with Gasteiger partial charge < -0.3 is 37.9 Å². The fourth-order valence-corrected chi connectivity index (χ4v) is 4.97. The van der Waals surface area contributed by atoms with Crippen molar-refractivity contribution in [1.29, 1.82) is 0 Å². The molecule has 44 heavy (non-hydrogen) atoms. The van der Waals surface area contributed by atoms with E-state index in [1.54, 1.807) is 6.92 Å². The van der Waals surface area contributed by atoms with Crippen LogP contribution in [0.15, 0.2) is 41.4 Å². The van der Waals surface area contributed by atoms with Crippen LogP contribution in [0.25, 0.3) is 0 Å². The predicted molar refractivity (Wildman–Crippen MR) is 165 cm³/mol. The maximum absolute atomic E-state index is 13.6. The average molecular weight is 631 g/mol. The Labute approximate surface area is 255 Å². The molecule has 15 nitrogen and oxygen atoms in total. The molecule has 3 unspecified atom stereocenters. The summed E-state index contributed by atoms with van der Waals surface area (Å²) < 4.78 is 32.0. The number of aliphatic imine (C=N–C) groups is 1. The van der Waals surface area contributed by atoms with E-state index >= 15 is 0 Å². The topological polar surface area (TPSA) is 250 Å². The van der Waals surface area contributed by atoms with Gasteiger partial charge in [0, 0.05) is 29.0 Å². The third-order valence-corrected chi connectivity index (χ3v) is 7.53. The van der Waals surface area contributed by atoms with Crippen LogP contribution in [-0.2, 0) is 26.2 Å². The Hall–Kier alpha value is -4.86. The van der Waals surface area contributed by atoms with E-state index in [0.29, 0.717) is 18.4 Å². The van der Waals surface area contributed by atoms with E-state index < -0.39 is 45.7 Å². The maximum atomic E-state index is 13.6. The predicted octanol–water partition coefficient (Wildman–Crippen LogP) is 0.371. The van der Waals surface area contributed by atoms with E-state index in [1.807, 2.05) is 6.92 Å². The number of carbonyl (C=O) groups excluding carboxylic acids is 4. The van der Waals surface area contributed by atoms with Gasteiger partial charge in [-0.15, -0.1) is 0 Å². The lowest BCUT2D eigenvalue weighted by atomic mass is 9.97. The number of fused-ring (bicyclic) bond motifs is 2. The largest absolute Gasteiger partial charge is 0.488 e. The van der Waals surface area contributed by atoms with Gasteiger partial charge >= 0.3 is 0 Å². The normalized spacial score (nSPS) is 18.1. The van der Waals surface area contributed by atoms with E-state index in [0.717, 1.165) is 6.26 Å². The van der Waals surface area contributed by atoms with Crippen molar-refractivity contribution in [3.05, 3.63) is 53.1 Å². The van der Waals surface area contributed by atoms with Gasteiger partial charge in [-0.05, 0) is 49.1 Å². The van der Waals surface area contributed by atoms with Crippen LogP contribution in [0.2, 0.25) is 0 Å². The van der Waals surface area contributed by atoms with Crippen molar-refractivity contribution >= 4 is 51.0 Å². The fourth-order valence-electron chi connectivity index (χ4n) is 4.41. The number of ether oxygens (including phenoxy) is 1. The first-order valence-corrected chi connectivity index (χ1v) is 15.7. The summed E-state index contributed by atoms with van der Waals surface area (Å²) >= 11 is 0. The van der Waals surface area contributed by atoms with Crippen LogP contribution in [0.3, 0.4) is 0 Å². The molecule has 0 radical (unpaired) electrons. The van der Waals surface area contributed by atoms with Crippen LogP contribution < -0.4 is 42.6 Å². The van der Waals surface area contributed by atoms with Crippen LogP contribution >= 0.6 is 0 Å². The highest BCUT2D eigenvalue weighted by Crippen LogP contribution is 2.27. The van der Waals surface area contributed by atoms with Crippen LogP contribution in [0, 0.1) is 5.92 Å². The summed E-state index contributed by atoms with van der Waals surface area (Å²) in [6.45, 7) is 3.64. The molecule has 0 spiro atoms. The summed E-state index contributed by atoms with van der Waals surface area (Å²) in [5.41, 5.74) is 17.1. The molecule has 10 N–H and O–H groups in total. The fraction of sp³-hybridized carbons (Fsp3) is 0.393. The molecule has 0 saturated carbocycles. The van der Waals surface area contributed by atoms with E-state index in [2.05, 4.69) is 25.7 Å². The van der Waals surface area contributed by atoms with Gasteiger partial charge in [0.15, 0.2) is 5.96 Å². The van der Waals surface area contributed by atoms with Gasteiger partial charge in [-0.3, -0.25) is 28.9 Å². The Morgan fingerprint density at radius 2 is 1.82 bits per heavy atom. The number of nitrogens with zero attached hydrogens (tertiary/aromatic N) is 1. The highest BCUT2D eigenvalue weighted by molar-refractivity contribution is 7.92.